The van der Waals surface area contributed by atoms with E-state index in [0.717, 1.165) is 42.1 Å². The molecule has 1 aromatic heterocycles. The lowest BCUT2D eigenvalue weighted by molar-refractivity contribution is 0.350. The molecule has 2 heterocycles. The topological polar surface area (TPSA) is 65.1 Å². The fourth-order valence-electron chi connectivity index (χ4n) is 2.79. The average molecular weight is 272 g/mol. The van der Waals surface area contributed by atoms with Crippen molar-refractivity contribution < 1.29 is 4.74 Å². The first kappa shape index (κ1) is 13.1. The molecule has 0 radical (unpaired) electrons. The Morgan fingerprint density at radius 3 is 3.05 bits per heavy atom. The number of hydrazine groups is 1. The summed E-state index contributed by atoms with van der Waals surface area (Å²) >= 11 is 0. The van der Waals surface area contributed by atoms with E-state index in [1.165, 1.54) is 5.56 Å². The van der Waals surface area contributed by atoms with E-state index in [1.807, 2.05) is 11.7 Å². The Kier molecular flexibility index (Phi) is 3.46. The van der Waals surface area contributed by atoms with Gasteiger partial charge in [-0.1, -0.05) is 25.1 Å². The fourth-order valence-corrected chi connectivity index (χ4v) is 2.79. The molecule has 1 aliphatic rings. The Balaban J connectivity index is 2.06. The molecule has 1 atom stereocenters. The standard InChI is InChI=1S/C15H20N4O/c1-3-11-9-13(19(2)18-11)14(17-16)12-6-4-5-10-7-8-20-15(10)12/h4-6,9,14,17H,3,7-8,16H2,1-2H3. The summed E-state index contributed by atoms with van der Waals surface area (Å²) in [5.74, 6) is 6.77. The zero-order valence-corrected chi connectivity index (χ0v) is 11.9. The van der Waals surface area contributed by atoms with E-state index in [1.54, 1.807) is 0 Å². The molecule has 3 N–H and O–H groups in total. The van der Waals surface area contributed by atoms with E-state index in [4.69, 9.17) is 10.6 Å². The van der Waals surface area contributed by atoms with Crippen molar-refractivity contribution in [2.75, 3.05) is 6.61 Å². The molecule has 0 spiro atoms. The van der Waals surface area contributed by atoms with E-state index in [0.29, 0.717) is 0 Å². The number of hydrogen-bond acceptors (Lipinski definition) is 4. The van der Waals surface area contributed by atoms with Gasteiger partial charge in [0.25, 0.3) is 0 Å². The summed E-state index contributed by atoms with van der Waals surface area (Å²) < 4.78 is 7.67. The number of nitrogens with zero attached hydrogens (tertiary/aromatic N) is 2. The van der Waals surface area contributed by atoms with Crippen molar-refractivity contribution in [3.8, 4) is 5.75 Å². The largest absolute Gasteiger partial charge is 0.493 e. The van der Waals surface area contributed by atoms with Gasteiger partial charge in [0.15, 0.2) is 0 Å². The lowest BCUT2D eigenvalue weighted by Gasteiger charge is -2.19. The third-order valence-corrected chi connectivity index (χ3v) is 3.85. The maximum Gasteiger partial charge on any atom is 0.127 e. The van der Waals surface area contributed by atoms with Gasteiger partial charge in [-0.2, -0.15) is 5.10 Å². The van der Waals surface area contributed by atoms with Gasteiger partial charge in [-0.05, 0) is 18.1 Å². The molecule has 1 aromatic carbocycles. The third-order valence-electron chi connectivity index (χ3n) is 3.85. The SMILES string of the molecule is CCc1cc(C(NN)c2cccc3c2OCC3)n(C)n1. The summed E-state index contributed by atoms with van der Waals surface area (Å²) in [7, 11) is 1.95. The molecular formula is C15H20N4O. The van der Waals surface area contributed by atoms with Gasteiger partial charge in [-0.25, -0.2) is 5.43 Å². The average Bonchev–Trinajstić information content (AvgIpc) is 3.07. The van der Waals surface area contributed by atoms with Crippen molar-refractivity contribution in [1.29, 1.82) is 0 Å². The van der Waals surface area contributed by atoms with Crippen LogP contribution < -0.4 is 16.0 Å². The highest BCUT2D eigenvalue weighted by Crippen LogP contribution is 2.35. The predicted molar refractivity (Wildman–Crippen MR) is 77.4 cm³/mol. The highest BCUT2D eigenvalue weighted by atomic mass is 16.5. The molecule has 106 valence electrons. The smallest absolute Gasteiger partial charge is 0.127 e. The highest BCUT2D eigenvalue weighted by molar-refractivity contribution is 5.48. The number of benzene rings is 1. The summed E-state index contributed by atoms with van der Waals surface area (Å²) in [6, 6.07) is 8.22. The normalized spacial score (nSPS) is 14.9. The van der Waals surface area contributed by atoms with Crippen molar-refractivity contribution in [2.45, 2.75) is 25.8 Å². The molecule has 5 nitrogen and oxygen atoms in total. The number of rotatable bonds is 4. The Morgan fingerprint density at radius 1 is 1.50 bits per heavy atom. The number of para-hydroxylation sites is 1. The molecule has 0 saturated carbocycles. The number of nitrogens with one attached hydrogen (secondary N) is 1. The third kappa shape index (κ3) is 2.09. The first-order valence-corrected chi connectivity index (χ1v) is 6.98. The molecule has 1 aliphatic heterocycles. The van der Waals surface area contributed by atoms with E-state index in [2.05, 4.69) is 41.7 Å². The Bertz CT molecular complexity index is 620. The van der Waals surface area contributed by atoms with E-state index < -0.39 is 0 Å². The summed E-state index contributed by atoms with van der Waals surface area (Å²) in [5, 5.41) is 4.50. The summed E-state index contributed by atoms with van der Waals surface area (Å²) in [6.07, 6.45) is 1.88. The number of aromatic nitrogens is 2. The number of fused-ring (bicyclic) bond motifs is 1. The van der Waals surface area contributed by atoms with E-state index >= 15 is 0 Å². The molecule has 0 bridgehead atoms. The molecule has 5 heteroatoms. The van der Waals surface area contributed by atoms with Gasteiger partial charge in [0.1, 0.15) is 5.75 Å². The van der Waals surface area contributed by atoms with Gasteiger partial charge in [0, 0.05) is 19.0 Å². The number of aryl methyl sites for hydroxylation is 2. The highest BCUT2D eigenvalue weighted by Gasteiger charge is 2.24. The van der Waals surface area contributed by atoms with E-state index in [9.17, 15) is 0 Å². The van der Waals surface area contributed by atoms with Gasteiger partial charge in [-0.3, -0.25) is 10.5 Å². The predicted octanol–water partition coefficient (Wildman–Crippen LogP) is 1.47. The number of nitrogens with two attached hydrogens (primary N) is 1. The maximum atomic E-state index is 5.80. The summed E-state index contributed by atoms with van der Waals surface area (Å²) in [4.78, 5) is 0. The lowest BCUT2D eigenvalue weighted by Crippen LogP contribution is -2.30. The van der Waals surface area contributed by atoms with Gasteiger partial charge in [-0.15, -0.1) is 0 Å². The van der Waals surface area contributed by atoms with Crippen LogP contribution in [0.3, 0.4) is 0 Å². The molecule has 0 amide bonds. The van der Waals surface area contributed by atoms with Crippen LogP contribution in [-0.4, -0.2) is 16.4 Å². The first-order chi connectivity index (χ1) is 9.74. The van der Waals surface area contributed by atoms with Crippen LogP contribution in [0.5, 0.6) is 5.75 Å². The number of ether oxygens (including phenoxy) is 1. The summed E-state index contributed by atoms with van der Waals surface area (Å²) in [5.41, 5.74) is 7.34. The van der Waals surface area contributed by atoms with Crippen LogP contribution in [0.1, 0.15) is 35.5 Å². The van der Waals surface area contributed by atoms with Crippen LogP contribution in [0, 0.1) is 0 Å². The molecule has 3 rings (SSSR count). The van der Waals surface area contributed by atoms with Crippen LogP contribution in [-0.2, 0) is 19.9 Å². The molecule has 0 aliphatic carbocycles. The molecular weight excluding hydrogens is 252 g/mol. The summed E-state index contributed by atoms with van der Waals surface area (Å²) in [6.45, 7) is 2.84. The molecule has 0 fully saturated rings. The molecule has 1 unspecified atom stereocenters. The minimum Gasteiger partial charge on any atom is -0.493 e. The monoisotopic (exact) mass is 272 g/mol. The van der Waals surface area contributed by atoms with Gasteiger partial charge < -0.3 is 4.74 Å². The molecule has 0 saturated heterocycles. The van der Waals surface area contributed by atoms with Crippen molar-refractivity contribution in [3.05, 3.63) is 46.8 Å². The van der Waals surface area contributed by atoms with Gasteiger partial charge >= 0.3 is 0 Å². The van der Waals surface area contributed by atoms with Gasteiger partial charge in [0.05, 0.1) is 24.0 Å². The minimum atomic E-state index is -0.110. The van der Waals surface area contributed by atoms with Crippen LogP contribution in [0.25, 0.3) is 0 Å². The van der Waals surface area contributed by atoms with Crippen LogP contribution >= 0.6 is 0 Å². The first-order valence-electron chi connectivity index (χ1n) is 6.98. The number of hydrogen-bond donors (Lipinski definition) is 2. The van der Waals surface area contributed by atoms with Crippen molar-refractivity contribution in [2.24, 2.45) is 12.9 Å². The lowest BCUT2D eigenvalue weighted by atomic mass is 9.99. The van der Waals surface area contributed by atoms with Crippen molar-refractivity contribution in [3.63, 3.8) is 0 Å². The van der Waals surface area contributed by atoms with E-state index in [-0.39, 0.29) is 6.04 Å². The second-order valence-electron chi connectivity index (χ2n) is 5.07. The van der Waals surface area contributed by atoms with Crippen LogP contribution in [0.15, 0.2) is 24.3 Å². The Labute approximate surface area is 118 Å². The molecule has 2 aromatic rings. The van der Waals surface area contributed by atoms with Crippen LogP contribution in [0.2, 0.25) is 0 Å². The second kappa shape index (κ2) is 5.26. The zero-order chi connectivity index (χ0) is 14.1. The Hall–Kier alpha value is -1.85. The zero-order valence-electron chi connectivity index (χ0n) is 11.9. The minimum absolute atomic E-state index is 0.110. The molecule has 20 heavy (non-hydrogen) atoms. The fraction of sp³-hybridized carbons (Fsp3) is 0.400. The van der Waals surface area contributed by atoms with Crippen molar-refractivity contribution >= 4 is 0 Å². The van der Waals surface area contributed by atoms with Crippen molar-refractivity contribution in [1.82, 2.24) is 15.2 Å². The second-order valence-corrected chi connectivity index (χ2v) is 5.07. The van der Waals surface area contributed by atoms with Gasteiger partial charge in [0.2, 0.25) is 0 Å². The maximum absolute atomic E-state index is 5.80. The quantitative estimate of drug-likeness (QED) is 0.653. The Morgan fingerprint density at radius 2 is 2.35 bits per heavy atom. The van der Waals surface area contributed by atoms with Crippen LogP contribution in [0.4, 0.5) is 0 Å².